The number of nitrogens with two attached hydrogens (primary N) is 1. The van der Waals surface area contributed by atoms with E-state index in [0.717, 1.165) is 23.5 Å². The monoisotopic (exact) mass is 283 g/mol. The van der Waals surface area contributed by atoms with Crippen LogP contribution in [0, 0.1) is 5.92 Å². The van der Waals surface area contributed by atoms with Crippen LogP contribution in [0.25, 0.3) is 0 Å². The Morgan fingerprint density at radius 2 is 1.68 bits per heavy atom. The predicted molar refractivity (Wildman–Crippen MR) is 80.4 cm³/mol. The van der Waals surface area contributed by atoms with Gasteiger partial charge in [0.2, 0.25) is 0 Å². The van der Waals surface area contributed by atoms with Crippen LogP contribution in [0.5, 0.6) is 17.2 Å². The molecule has 0 aliphatic rings. The van der Waals surface area contributed by atoms with Crippen molar-refractivity contribution in [2.45, 2.75) is 19.8 Å². The maximum absolute atomic E-state index is 5.76. The lowest BCUT2D eigenvalue weighted by atomic mass is 9.95. The van der Waals surface area contributed by atoms with Gasteiger partial charge in [-0.25, -0.2) is 0 Å². The Balaban J connectivity index is 3.20. The summed E-state index contributed by atoms with van der Waals surface area (Å²) in [4.78, 5) is 0.516. The lowest BCUT2D eigenvalue weighted by Crippen LogP contribution is -2.23. The largest absolute Gasteiger partial charge is 0.496 e. The molecule has 0 bridgehead atoms. The Morgan fingerprint density at radius 1 is 1.16 bits per heavy atom. The second kappa shape index (κ2) is 7.19. The molecule has 0 amide bonds. The van der Waals surface area contributed by atoms with Crippen molar-refractivity contribution in [3.05, 3.63) is 17.7 Å². The van der Waals surface area contributed by atoms with E-state index in [1.54, 1.807) is 21.3 Å². The molecule has 4 nitrogen and oxygen atoms in total. The van der Waals surface area contributed by atoms with E-state index in [2.05, 4.69) is 6.92 Å². The molecule has 0 aromatic heterocycles. The zero-order valence-electron chi connectivity index (χ0n) is 11.9. The highest BCUT2D eigenvalue weighted by atomic mass is 32.1. The first-order valence-corrected chi connectivity index (χ1v) is 6.56. The van der Waals surface area contributed by atoms with Crippen LogP contribution in [-0.2, 0) is 6.42 Å². The van der Waals surface area contributed by atoms with Crippen molar-refractivity contribution in [2.24, 2.45) is 11.7 Å². The first-order chi connectivity index (χ1) is 9.07. The summed E-state index contributed by atoms with van der Waals surface area (Å²) in [6.07, 6.45) is 1.58. The summed E-state index contributed by atoms with van der Waals surface area (Å²) in [7, 11) is 4.86. The van der Waals surface area contributed by atoms with Gasteiger partial charge in [0, 0.05) is 23.6 Å². The van der Waals surface area contributed by atoms with Crippen molar-refractivity contribution in [1.82, 2.24) is 0 Å². The minimum atomic E-state index is 0.131. The first kappa shape index (κ1) is 15.6. The highest BCUT2D eigenvalue weighted by molar-refractivity contribution is 7.80. The third-order valence-corrected chi connectivity index (χ3v) is 3.50. The third kappa shape index (κ3) is 3.73. The number of methoxy groups -OCH3 is 3. The van der Waals surface area contributed by atoms with Gasteiger partial charge in [0.15, 0.2) is 0 Å². The molecule has 1 atom stereocenters. The molecule has 1 aromatic rings. The van der Waals surface area contributed by atoms with Gasteiger partial charge in [0.25, 0.3) is 0 Å². The predicted octanol–water partition coefficient (Wildman–Crippen LogP) is 2.57. The van der Waals surface area contributed by atoms with Crippen molar-refractivity contribution in [2.75, 3.05) is 21.3 Å². The lowest BCUT2D eigenvalue weighted by molar-refractivity contribution is 0.366. The number of thiocarbonyl (C=S) groups is 1. The number of benzene rings is 1. The van der Waals surface area contributed by atoms with Crippen LogP contribution in [0.2, 0.25) is 0 Å². The standard InChI is InChI=1S/C14H21NO3S/c1-5-9(14(15)19)6-11-12(17-3)7-10(16-2)8-13(11)18-4/h7-9H,5-6H2,1-4H3,(H2,15,19). The Morgan fingerprint density at radius 3 is 2.00 bits per heavy atom. The van der Waals surface area contributed by atoms with Gasteiger partial charge in [-0.3, -0.25) is 0 Å². The molecule has 5 heteroatoms. The fourth-order valence-electron chi connectivity index (χ4n) is 1.97. The van der Waals surface area contributed by atoms with Crippen LogP contribution in [-0.4, -0.2) is 26.3 Å². The lowest BCUT2D eigenvalue weighted by Gasteiger charge is -2.19. The van der Waals surface area contributed by atoms with Crippen LogP contribution in [0.3, 0.4) is 0 Å². The van der Waals surface area contributed by atoms with E-state index < -0.39 is 0 Å². The molecule has 1 aromatic carbocycles. The highest BCUT2D eigenvalue weighted by Gasteiger charge is 2.19. The molecule has 106 valence electrons. The highest BCUT2D eigenvalue weighted by Crippen LogP contribution is 2.36. The van der Waals surface area contributed by atoms with E-state index in [1.165, 1.54) is 0 Å². The maximum atomic E-state index is 5.76. The maximum Gasteiger partial charge on any atom is 0.129 e. The fraction of sp³-hybridized carbons (Fsp3) is 0.500. The zero-order chi connectivity index (χ0) is 14.4. The fourth-order valence-corrected chi connectivity index (χ4v) is 2.22. The van der Waals surface area contributed by atoms with Crippen molar-refractivity contribution in [3.8, 4) is 17.2 Å². The van der Waals surface area contributed by atoms with E-state index in [4.69, 9.17) is 32.2 Å². The van der Waals surface area contributed by atoms with Crippen molar-refractivity contribution < 1.29 is 14.2 Å². The molecule has 0 radical (unpaired) electrons. The SMILES string of the molecule is CCC(Cc1c(OC)cc(OC)cc1OC)C(N)=S. The molecule has 0 aliphatic carbocycles. The molecular formula is C14H21NO3S. The van der Waals surface area contributed by atoms with Crippen LogP contribution in [0.15, 0.2) is 12.1 Å². The minimum absolute atomic E-state index is 0.131. The summed E-state index contributed by atoms with van der Waals surface area (Å²) in [6.45, 7) is 2.06. The van der Waals surface area contributed by atoms with Gasteiger partial charge >= 0.3 is 0 Å². The molecule has 1 rings (SSSR count). The smallest absolute Gasteiger partial charge is 0.129 e. The molecule has 1 unspecified atom stereocenters. The molecule has 0 heterocycles. The summed E-state index contributed by atoms with van der Waals surface area (Å²) >= 11 is 5.09. The average Bonchev–Trinajstić information content (AvgIpc) is 2.43. The molecule has 0 aliphatic heterocycles. The van der Waals surface area contributed by atoms with Crippen LogP contribution < -0.4 is 19.9 Å². The Labute approximate surface area is 119 Å². The summed E-state index contributed by atoms with van der Waals surface area (Å²) in [6, 6.07) is 3.67. The van der Waals surface area contributed by atoms with Gasteiger partial charge in [-0.2, -0.15) is 0 Å². The topological polar surface area (TPSA) is 53.7 Å². The van der Waals surface area contributed by atoms with E-state index >= 15 is 0 Å². The Hall–Kier alpha value is -1.49. The minimum Gasteiger partial charge on any atom is -0.496 e. The molecule has 19 heavy (non-hydrogen) atoms. The third-order valence-electron chi connectivity index (χ3n) is 3.16. The van der Waals surface area contributed by atoms with Crippen LogP contribution >= 0.6 is 12.2 Å². The summed E-state index contributed by atoms with van der Waals surface area (Å²) in [5.41, 5.74) is 6.72. The van der Waals surface area contributed by atoms with E-state index in [-0.39, 0.29) is 5.92 Å². The summed E-state index contributed by atoms with van der Waals surface area (Å²) in [5, 5.41) is 0. The Kier molecular flexibility index (Phi) is 5.89. The van der Waals surface area contributed by atoms with Gasteiger partial charge in [-0.1, -0.05) is 19.1 Å². The summed E-state index contributed by atoms with van der Waals surface area (Å²) in [5.74, 6) is 2.28. The number of ether oxygens (including phenoxy) is 3. The second-order valence-electron chi connectivity index (χ2n) is 4.22. The van der Waals surface area contributed by atoms with Crippen LogP contribution in [0.4, 0.5) is 0 Å². The first-order valence-electron chi connectivity index (χ1n) is 6.15. The van der Waals surface area contributed by atoms with Gasteiger partial charge < -0.3 is 19.9 Å². The van der Waals surface area contributed by atoms with E-state index in [1.807, 2.05) is 12.1 Å². The van der Waals surface area contributed by atoms with Crippen molar-refractivity contribution in [1.29, 1.82) is 0 Å². The van der Waals surface area contributed by atoms with Gasteiger partial charge in [-0.05, 0) is 12.8 Å². The number of rotatable bonds is 7. The zero-order valence-corrected chi connectivity index (χ0v) is 12.7. The van der Waals surface area contributed by atoms with E-state index in [0.29, 0.717) is 17.2 Å². The number of hydrogen-bond acceptors (Lipinski definition) is 4. The Bertz CT molecular complexity index is 423. The van der Waals surface area contributed by atoms with Gasteiger partial charge in [0.05, 0.1) is 26.3 Å². The molecule has 0 saturated carbocycles. The molecule has 2 N–H and O–H groups in total. The average molecular weight is 283 g/mol. The quantitative estimate of drug-likeness (QED) is 0.779. The molecule has 0 spiro atoms. The van der Waals surface area contributed by atoms with Gasteiger partial charge in [0.1, 0.15) is 17.2 Å². The van der Waals surface area contributed by atoms with Crippen molar-refractivity contribution in [3.63, 3.8) is 0 Å². The van der Waals surface area contributed by atoms with E-state index in [9.17, 15) is 0 Å². The molecule has 0 fully saturated rings. The van der Waals surface area contributed by atoms with Crippen molar-refractivity contribution >= 4 is 17.2 Å². The van der Waals surface area contributed by atoms with Gasteiger partial charge in [-0.15, -0.1) is 0 Å². The second-order valence-corrected chi connectivity index (χ2v) is 4.69. The number of hydrogen-bond donors (Lipinski definition) is 1. The molecule has 0 saturated heterocycles. The normalized spacial score (nSPS) is 11.8. The summed E-state index contributed by atoms with van der Waals surface area (Å²) < 4.78 is 16.0. The molecular weight excluding hydrogens is 262 g/mol. The van der Waals surface area contributed by atoms with Crippen LogP contribution in [0.1, 0.15) is 18.9 Å².